The fourth-order valence-corrected chi connectivity index (χ4v) is 2.59. The molecule has 0 saturated carbocycles. The first-order chi connectivity index (χ1) is 13.5. The number of carbonyl (C=O) groups excluding carboxylic acids is 1. The van der Waals surface area contributed by atoms with Crippen molar-refractivity contribution in [3.8, 4) is 11.5 Å². The number of carbonyl (C=O) groups is 2. The summed E-state index contributed by atoms with van der Waals surface area (Å²) in [7, 11) is 0. The molecule has 2 N–H and O–H groups in total. The van der Waals surface area contributed by atoms with E-state index in [1.165, 1.54) is 12.1 Å². The molecule has 0 heterocycles. The second-order valence-electron chi connectivity index (χ2n) is 6.12. The molecule has 5 heteroatoms. The number of rotatable bonds is 6. The lowest BCUT2D eigenvalue weighted by atomic mass is 10.1. The Balaban J connectivity index is 1.84. The van der Waals surface area contributed by atoms with Crippen LogP contribution in [-0.4, -0.2) is 17.0 Å². The molecule has 3 aromatic rings. The summed E-state index contributed by atoms with van der Waals surface area (Å²) in [5.74, 6) is -0.478. The number of amides is 1. The molecular weight excluding hydrogens is 354 g/mol. The Morgan fingerprint density at radius 3 is 2.18 bits per heavy atom. The van der Waals surface area contributed by atoms with Crippen molar-refractivity contribution < 1.29 is 19.4 Å². The van der Waals surface area contributed by atoms with Crippen LogP contribution in [-0.2, 0) is 4.79 Å². The summed E-state index contributed by atoms with van der Waals surface area (Å²) in [6.45, 7) is 1.67. The second-order valence-corrected chi connectivity index (χ2v) is 6.12. The van der Waals surface area contributed by atoms with Crippen molar-refractivity contribution in [1.29, 1.82) is 0 Å². The lowest BCUT2D eigenvalue weighted by Crippen LogP contribution is -2.15. The van der Waals surface area contributed by atoms with Crippen LogP contribution in [0.15, 0.2) is 84.4 Å². The Bertz CT molecular complexity index is 1010. The van der Waals surface area contributed by atoms with E-state index in [0.717, 1.165) is 5.56 Å². The maximum atomic E-state index is 12.5. The molecule has 0 saturated heterocycles. The zero-order valence-corrected chi connectivity index (χ0v) is 15.3. The molecule has 28 heavy (non-hydrogen) atoms. The zero-order chi connectivity index (χ0) is 19.9. The molecule has 0 fully saturated rings. The van der Waals surface area contributed by atoms with Gasteiger partial charge in [-0.1, -0.05) is 48.5 Å². The van der Waals surface area contributed by atoms with E-state index in [9.17, 15) is 14.7 Å². The Morgan fingerprint density at radius 1 is 0.893 bits per heavy atom. The fourth-order valence-electron chi connectivity index (χ4n) is 2.59. The first-order valence-corrected chi connectivity index (χ1v) is 8.68. The van der Waals surface area contributed by atoms with Gasteiger partial charge in [0.15, 0.2) is 0 Å². The summed E-state index contributed by atoms with van der Waals surface area (Å²) in [5, 5.41) is 12.1. The number of carboxylic acid groups (broad SMARTS) is 1. The van der Waals surface area contributed by atoms with Crippen LogP contribution < -0.4 is 10.1 Å². The van der Waals surface area contributed by atoms with Crippen molar-refractivity contribution >= 4 is 23.6 Å². The predicted octanol–water partition coefficient (Wildman–Crippen LogP) is 5.22. The number of aromatic carboxylic acids is 1. The number of carboxylic acids is 1. The minimum atomic E-state index is -1.13. The molecule has 0 spiro atoms. The van der Waals surface area contributed by atoms with Gasteiger partial charge in [-0.25, -0.2) is 4.79 Å². The normalized spacial score (nSPS) is 11.0. The number of para-hydroxylation sites is 1. The van der Waals surface area contributed by atoms with Gasteiger partial charge in [0.2, 0.25) is 0 Å². The SMILES string of the molecule is C/C(=C\c1ccccc1)C(=O)Nc1cc(Oc2ccccc2)ccc1C(=O)O. The van der Waals surface area contributed by atoms with Gasteiger partial charge in [0.25, 0.3) is 5.91 Å². The maximum absolute atomic E-state index is 12.5. The van der Waals surface area contributed by atoms with E-state index < -0.39 is 5.97 Å². The van der Waals surface area contributed by atoms with E-state index >= 15 is 0 Å². The van der Waals surface area contributed by atoms with Gasteiger partial charge in [-0.05, 0) is 42.8 Å². The minimum absolute atomic E-state index is 0.0127. The van der Waals surface area contributed by atoms with Crippen molar-refractivity contribution in [2.24, 2.45) is 0 Å². The van der Waals surface area contributed by atoms with Crippen LogP contribution in [0.1, 0.15) is 22.8 Å². The van der Waals surface area contributed by atoms with Gasteiger partial charge >= 0.3 is 5.97 Å². The maximum Gasteiger partial charge on any atom is 0.337 e. The fraction of sp³-hybridized carbons (Fsp3) is 0.0435. The van der Waals surface area contributed by atoms with Crippen LogP contribution in [0.4, 0.5) is 5.69 Å². The molecule has 0 radical (unpaired) electrons. The number of hydrogen-bond donors (Lipinski definition) is 2. The average Bonchev–Trinajstić information content (AvgIpc) is 2.69. The number of nitrogens with one attached hydrogen (secondary N) is 1. The molecule has 0 bridgehead atoms. The molecule has 0 unspecified atom stereocenters. The highest BCUT2D eigenvalue weighted by Crippen LogP contribution is 2.27. The first-order valence-electron chi connectivity index (χ1n) is 8.68. The molecule has 0 aliphatic rings. The smallest absolute Gasteiger partial charge is 0.337 e. The number of ether oxygens (including phenoxy) is 1. The summed E-state index contributed by atoms with van der Waals surface area (Å²) in [6.07, 6.45) is 1.74. The second kappa shape index (κ2) is 8.68. The van der Waals surface area contributed by atoms with Crippen molar-refractivity contribution in [1.82, 2.24) is 0 Å². The van der Waals surface area contributed by atoms with Gasteiger partial charge in [0.05, 0.1) is 11.3 Å². The van der Waals surface area contributed by atoms with Crippen molar-refractivity contribution in [2.75, 3.05) is 5.32 Å². The monoisotopic (exact) mass is 373 g/mol. The highest BCUT2D eigenvalue weighted by molar-refractivity contribution is 6.09. The van der Waals surface area contributed by atoms with E-state index in [1.807, 2.05) is 48.5 Å². The molecule has 3 aromatic carbocycles. The first kappa shape index (κ1) is 18.9. The lowest BCUT2D eigenvalue weighted by Gasteiger charge is -2.12. The Labute approximate surface area is 162 Å². The average molecular weight is 373 g/mol. The molecule has 0 aliphatic heterocycles. The van der Waals surface area contributed by atoms with Crippen molar-refractivity contribution in [2.45, 2.75) is 6.92 Å². The van der Waals surface area contributed by atoms with Gasteiger partial charge in [0, 0.05) is 11.6 Å². The van der Waals surface area contributed by atoms with Crippen LogP contribution in [0, 0.1) is 0 Å². The van der Waals surface area contributed by atoms with E-state index in [2.05, 4.69) is 5.32 Å². The van der Waals surface area contributed by atoms with Gasteiger partial charge < -0.3 is 15.2 Å². The molecule has 0 aromatic heterocycles. The number of anilines is 1. The zero-order valence-electron chi connectivity index (χ0n) is 15.3. The Kier molecular flexibility index (Phi) is 5.87. The quantitative estimate of drug-likeness (QED) is 0.581. The van der Waals surface area contributed by atoms with Crippen LogP contribution in [0.2, 0.25) is 0 Å². The van der Waals surface area contributed by atoms with Gasteiger partial charge in [-0.15, -0.1) is 0 Å². The number of hydrogen-bond acceptors (Lipinski definition) is 3. The molecule has 5 nitrogen and oxygen atoms in total. The highest BCUT2D eigenvalue weighted by Gasteiger charge is 2.15. The molecule has 3 rings (SSSR count). The molecule has 1 amide bonds. The van der Waals surface area contributed by atoms with Crippen molar-refractivity contribution in [3.63, 3.8) is 0 Å². The molecule has 0 atom stereocenters. The van der Waals surface area contributed by atoms with E-state index in [0.29, 0.717) is 17.1 Å². The highest BCUT2D eigenvalue weighted by atomic mass is 16.5. The van der Waals surface area contributed by atoms with E-state index in [1.54, 1.807) is 31.2 Å². The Hall–Kier alpha value is -3.86. The van der Waals surface area contributed by atoms with Crippen LogP contribution >= 0.6 is 0 Å². The molecule has 0 aliphatic carbocycles. The van der Waals surface area contributed by atoms with E-state index in [-0.39, 0.29) is 17.2 Å². The van der Waals surface area contributed by atoms with Gasteiger partial charge in [-0.3, -0.25) is 4.79 Å². The van der Waals surface area contributed by atoms with E-state index in [4.69, 9.17) is 4.74 Å². The van der Waals surface area contributed by atoms with Crippen molar-refractivity contribution in [3.05, 3.63) is 95.6 Å². The largest absolute Gasteiger partial charge is 0.478 e. The molecule has 140 valence electrons. The summed E-state index contributed by atoms with van der Waals surface area (Å²) >= 11 is 0. The third kappa shape index (κ3) is 4.86. The Morgan fingerprint density at radius 2 is 1.54 bits per heavy atom. The summed E-state index contributed by atoms with van der Waals surface area (Å²) in [4.78, 5) is 24.1. The summed E-state index contributed by atoms with van der Waals surface area (Å²) < 4.78 is 5.73. The van der Waals surface area contributed by atoms with Crippen LogP contribution in [0.5, 0.6) is 11.5 Å². The minimum Gasteiger partial charge on any atom is -0.478 e. The summed E-state index contributed by atoms with van der Waals surface area (Å²) in [6, 6.07) is 23.0. The predicted molar refractivity (Wildman–Crippen MR) is 109 cm³/mol. The standard InChI is InChI=1S/C23H19NO4/c1-16(14-17-8-4-2-5-9-17)22(25)24-21-15-19(12-13-20(21)23(26)27)28-18-10-6-3-7-11-18/h2-15H,1H3,(H,24,25)(H,26,27)/b16-14+. The van der Waals surface area contributed by atoms with Gasteiger partial charge in [0.1, 0.15) is 11.5 Å². The summed E-state index contributed by atoms with van der Waals surface area (Å²) in [5.41, 5.74) is 1.50. The lowest BCUT2D eigenvalue weighted by molar-refractivity contribution is -0.112. The number of benzene rings is 3. The third-order valence-corrected chi connectivity index (χ3v) is 3.99. The topological polar surface area (TPSA) is 75.6 Å². The third-order valence-electron chi connectivity index (χ3n) is 3.99. The molecular formula is C23H19NO4. The van der Waals surface area contributed by atoms with Crippen LogP contribution in [0.25, 0.3) is 6.08 Å². The van der Waals surface area contributed by atoms with Crippen LogP contribution in [0.3, 0.4) is 0 Å². The van der Waals surface area contributed by atoms with Gasteiger partial charge in [-0.2, -0.15) is 0 Å².